The van der Waals surface area contributed by atoms with Crippen molar-refractivity contribution in [1.82, 2.24) is 6.15 Å². The summed E-state index contributed by atoms with van der Waals surface area (Å²) in [6, 6.07) is 0. The maximum Gasteiger partial charge on any atom is 0.631 e. The normalized spacial score (nSPS) is 4.50. The van der Waals surface area contributed by atoms with E-state index in [-0.39, 0.29) is 27.2 Å². The number of rotatable bonds is 0. The fourth-order valence-corrected chi connectivity index (χ4v) is 0. The van der Waals surface area contributed by atoms with Crippen molar-refractivity contribution >= 4 is 7.32 Å². The van der Waals surface area contributed by atoms with E-state index >= 15 is 0 Å². The third kappa shape index (κ3) is 169. The van der Waals surface area contributed by atoms with Gasteiger partial charge in [0.05, 0.1) is 0 Å². The predicted molar refractivity (Wildman–Crippen MR) is 17.4 cm³/mol. The molecule has 0 spiro atoms. The van der Waals surface area contributed by atoms with E-state index in [9.17, 15) is 0 Å². The molecule has 0 aromatic carbocycles. The van der Waals surface area contributed by atoms with Crippen molar-refractivity contribution in [1.29, 1.82) is 0 Å². The maximum atomic E-state index is 7.17. The monoisotopic (exact) mass is 177 g/mol. The zero-order valence-electron chi connectivity index (χ0n) is 3.03. The van der Waals surface area contributed by atoms with Crippen LogP contribution >= 0.6 is 0 Å². The van der Waals surface area contributed by atoms with Crippen molar-refractivity contribution in [2.75, 3.05) is 0 Å². The number of hydrogen-bond donors (Lipinski definition) is 4. The summed E-state index contributed by atoms with van der Waals surface area (Å²) in [4.78, 5) is 0. The van der Waals surface area contributed by atoms with Crippen LogP contribution in [0.2, 0.25) is 0 Å². The average molecular weight is 175 g/mol. The first-order chi connectivity index (χ1) is 1.73. The molecule has 0 fully saturated rings. The van der Waals surface area contributed by atoms with Gasteiger partial charge in [0.2, 0.25) is 0 Å². The first-order valence-electron chi connectivity index (χ1n) is 0.775. The summed E-state index contributed by atoms with van der Waals surface area (Å²) >= 11 is 0. The Kier molecular flexibility index (Phi) is 24.3. The minimum absolute atomic E-state index is 0. The van der Waals surface area contributed by atoms with Crippen LogP contribution in [0.5, 0.6) is 0 Å². The van der Waals surface area contributed by atoms with Crippen molar-refractivity contribution in [2.24, 2.45) is 0 Å². The largest absolute Gasteiger partial charge is 0.631 e. The van der Waals surface area contributed by atoms with Crippen LogP contribution in [0, 0.1) is 0 Å². The SMILES string of the molecule is N.OB(O)O.[Mo]. The van der Waals surface area contributed by atoms with Crippen molar-refractivity contribution < 1.29 is 36.1 Å². The summed E-state index contributed by atoms with van der Waals surface area (Å²) in [5, 5.41) is 21.5. The molecule has 0 saturated carbocycles. The maximum absolute atomic E-state index is 7.17. The topological polar surface area (TPSA) is 95.7 Å². The minimum atomic E-state index is -2.17. The molecule has 0 amide bonds. The summed E-state index contributed by atoms with van der Waals surface area (Å²) in [5.74, 6) is 0. The molecule has 0 aliphatic heterocycles. The summed E-state index contributed by atoms with van der Waals surface area (Å²) < 4.78 is 0. The first-order valence-corrected chi connectivity index (χ1v) is 0.775. The molecule has 4 nitrogen and oxygen atoms in total. The Morgan fingerprint density at radius 1 is 1.00 bits per heavy atom. The smallest absolute Gasteiger partial charge is 0.402 e. The molecule has 6 heteroatoms. The van der Waals surface area contributed by atoms with Crippen LogP contribution < -0.4 is 6.15 Å². The van der Waals surface area contributed by atoms with Gasteiger partial charge < -0.3 is 21.2 Å². The second-order valence-corrected chi connectivity index (χ2v) is 0.346. The molecule has 38 valence electrons. The molecule has 6 N–H and O–H groups in total. The van der Waals surface area contributed by atoms with Gasteiger partial charge in [-0.2, -0.15) is 0 Å². The van der Waals surface area contributed by atoms with Crippen LogP contribution in [-0.4, -0.2) is 22.4 Å². The molecular weight excluding hydrogens is 169 g/mol. The Balaban J connectivity index is -0.0000000450. The van der Waals surface area contributed by atoms with Gasteiger partial charge in [-0.3, -0.25) is 0 Å². The van der Waals surface area contributed by atoms with Gasteiger partial charge in [0.15, 0.2) is 0 Å². The van der Waals surface area contributed by atoms with Crippen molar-refractivity contribution in [3.8, 4) is 0 Å². The molecule has 0 saturated heterocycles. The minimum Gasteiger partial charge on any atom is -0.402 e. The van der Waals surface area contributed by atoms with E-state index < -0.39 is 7.32 Å². The van der Waals surface area contributed by atoms with Crippen LogP contribution in [0.25, 0.3) is 0 Å². The van der Waals surface area contributed by atoms with E-state index in [2.05, 4.69) is 0 Å². The molecule has 0 rings (SSSR count). The van der Waals surface area contributed by atoms with E-state index in [4.69, 9.17) is 15.1 Å². The molecule has 0 aromatic heterocycles. The molecule has 0 aliphatic carbocycles. The summed E-state index contributed by atoms with van der Waals surface area (Å²) in [7, 11) is -2.17. The Labute approximate surface area is 50.2 Å². The molecule has 0 heterocycles. The molecule has 0 aliphatic rings. The fourth-order valence-electron chi connectivity index (χ4n) is 0. The molecule has 0 unspecified atom stereocenters. The van der Waals surface area contributed by atoms with Crippen LogP contribution in [0.15, 0.2) is 0 Å². The van der Waals surface area contributed by atoms with Crippen molar-refractivity contribution in [3.05, 3.63) is 0 Å². The molecule has 0 aromatic rings. The molecule has 0 radical (unpaired) electrons. The summed E-state index contributed by atoms with van der Waals surface area (Å²) in [6.45, 7) is 0. The second-order valence-electron chi connectivity index (χ2n) is 0.346. The fraction of sp³-hybridized carbons (Fsp3) is 0. The summed E-state index contributed by atoms with van der Waals surface area (Å²) in [6.07, 6.45) is 0. The van der Waals surface area contributed by atoms with Gasteiger partial charge in [0.25, 0.3) is 0 Å². The standard InChI is InChI=1S/BH3O3.Mo.H3N/c2-1(3)4;;/h2-4H;;1H3. The average Bonchev–Trinajstić information content (AvgIpc) is 0.811. The van der Waals surface area contributed by atoms with Crippen LogP contribution in [0.3, 0.4) is 0 Å². The molecule has 0 bridgehead atoms. The zero-order valence-corrected chi connectivity index (χ0v) is 5.04. The van der Waals surface area contributed by atoms with Crippen LogP contribution in [0.1, 0.15) is 0 Å². The van der Waals surface area contributed by atoms with Crippen LogP contribution in [0.4, 0.5) is 0 Å². The van der Waals surface area contributed by atoms with E-state index in [1.165, 1.54) is 0 Å². The third-order valence-electron chi connectivity index (χ3n) is 0. The summed E-state index contributed by atoms with van der Waals surface area (Å²) in [5.41, 5.74) is 0. The Hall–Kier alpha value is 0.593. The van der Waals surface area contributed by atoms with Gasteiger partial charge in [-0.15, -0.1) is 0 Å². The van der Waals surface area contributed by atoms with Gasteiger partial charge in [-0.25, -0.2) is 0 Å². The predicted octanol–water partition coefficient (Wildman–Crippen LogP) is -1.89. The third-order valence-corrected chi connectivity index (χ3v) is 0. The molecule has 6 heavy (non-hydrogen) atoms. The Bertz CT molecular complexity index is 15.5. The van der Waals surface area contributed by atoms with E-state index in [1.54, 1.807) is 0 Å². The molecule has 0 atom stereocenters. The van der Waals surface area contributed by atoms with Crippen molar-refractivity contribution in [3.63, 3.8) is 0 Å². The van der Waals surface area contributed by atoms with E-state index in [0.29, 0.717) is 0 Å². The van der Waals surface area contributed by atoms with Crippen LogP contribution in [-0.2, 0) is 21.1 Å². The van der Waals surface area contributed by atoms with E-state index in [1.807, 2.05) is 0 Å². The van der Waals surface area contributed by atoms with Gasteiger partial charge in [0.1, 0.15) is 0 Å². The van der Waals surface area contributed by atoms with E-state index in [0.717, 1.165) is 0 Å². The van der Waals surface area contributed by atoms with Gasteiger partial charge in [0, 0.05) is 21.1 Å². The van der Waals surface area contributed by atoms with Gasteiger partial charge >= 0.3 is 7.32 Å². The quantitative estimate of drug-likeness (QED) is 0.323. The zero-order chi connectivity index (χ0) is 3.58. The Morgan fingerprint density at radius 3 is 1.00 bits per heavy atom. The van der Waals surface area contributed by atoms with Crippen molar-refractivity contribution in [2.45, 2.75) is 0 Å². The van der Waals surface area contributed by atoms with Gasteiger partial charge in [-0.1, -0.05) is 0 Å². The number of hydrogen-bond acceptors (Lipinski definition) is 4. The Morgan fingerprint density at radius 2 is 1.00 bits per heavy atom. The van der Waals surface area contributed by atoms with Gasteiger partial charge in [-0.05, 0) is 0 Å². The second kappa shape index (κ2) is 9.14. The molecular formula is H6BMoNO3. The first kappa shape index (κ1) is 16.0.